The number of rotatable bonds is 6. The van der Waals surface area contributed by atoms with E-state index in [1.807, 2.05) is 13.0 Å². The number of esters is 1. The summed E-state index contributed by atoms with van der Waals surface area (Å²) in [5.41, 5.74) is 0.895. The molecule has 3 aromatic rings. The molecule has 8 heteroatoms. The van der Waals surface area contributed by atoms with E-state index < -0.39 is 18.5 Å². The number of amides is 1. The maximum Gasteiger partial charge on any atom is 0.312 e. The monoisotopic (exact) mass is 399 g/mol. The van der Waals surface area contributed by atoms with Crippen LogP contribution in [0.15, 0.2) is 53.3 Å². The van der Waals surface area contributed by atoms with E-state index in [2.05, 4.69) is 15.5 Å². The second kappa shape index (κ2) is 8.67. The van der Waals surface area contributed by atoms with Crippen LogP contribution in [0.4, 0.5) is 0 Å². The summed E-state index contributed by atoms with van der Waals surface area (Å²) < 4.78 is 5.04. The Morgan fingerprint density at radius 3 is 2.68 bits per heavy atom. The average Bonchev–Trinajstić information content (AvgIpc) is 2.69. The minimum absolute atomic E-state index is 0.158. The van der Waals surface area contributed by atoms with Crippen molar-refractivity contribution in [1.29, 1.82) is 0 Å². The number of nitrogens with one attached hydrogen (secondary N) is 2. The first-order valence-electron chi connectivity index (χ1n) is 8.61. The van der Waals surface area contributed by atoms with Gasteiger partial charge in [-0.3, -0.25) is 14.4 Å². The van der Waals surface area contributed by atoms with Crippen molar-refractivity contribution < 1.29 is 14.3 Å². The van der Waals surface area contributed by atoms with Gasteiger partial charge in [-0.15, -0.1) is 0 Å². The fourth-order valence-electron chi connectivity index (χ4n) is 2.78. The normalized spacial score (nSPS) is 11.8. The third-order valence-electron chi connectivity index (χ3n) is 4.18. The number of ether oxygens (including phenoxy) is 1. The fourth-order valence-corrected chi connectivity index (χ4v) is 2.98. The Morgan fingerprint density at radius 2 is 1.93 bits per heavy atom. The molecule has 0 spiro atoms. The number of fused-ring (bicyclic) bond motifs is 1. The fraction of sp³-hybridized carbons (Fsp3) is 0.200. The number of hydrogen-bond acceptors (Lipinski definition) is 5. The molecule has 28 heavy (non-hydrogen) atoms. The van der Waals surface area contributed by atoms with Crippen molar-refractivity contribution in [1.82, 2.24) is 15.5 Å². The van der Waals surface area contributed by atoms with Crippen molar-refractivity contribution in [2.24, 2.45) is 0 Å². The van der Waals surface area contributed by atoms with E-state index >= 15 is 0 Å². The molecule has 0 aliphatic rings. The molecule has 0 aliphatic carbocycles. The Balaban J connectivity index is 1.57. The van der Waals surface area contributed by atoms with Gasteiger partial charge in [0.2, 0.25) is 0 Å². The molecule has 1 amide bonds. The Hall–Kier alpha value is -3.19. The molecule has 7 nitrogen and oxygen atoms in total. The van der Waals surface area contributed by atoms with Crippen molar-refractivity contribution in [3.05, 3.63) is 75.2 Å². The molecule has 1 atom stereocenters. The van der Waals surface area contributed by atoms with Gasteiger partial charge in [-0.05, 0) is 30.7 Å². The van der Waals surface area contributed by atoms with Gasteiger partial charge in [0.25, 0.3) is 11.5 Å². The largest absolute Gasteiger partial charge is 0.455 e. The minimum atomic E-state index is -0.615. The summed E-state index contributed by atoms with van der Waals surface area (Å²) in [6.07, 6.45) is -0.158. The molecule has 1 aromatic heterocycles. The lowest BCUT2D eigenvalue weighted by molar-refractivity contribution is -0.148. The van der Waals surface area contributed by atoms with Gasteiger partial charge in [0.15, 0.2) is 6.61 Å². The van der Waals surface area contributed by atoms with Crippen LogP contribution in [-0.4, -0.2) is 28.7 Å². The van der Waals surface area contributed by atoms with Crippen LogP contribution in [0.5, 0.6) is 0 Å². The summed E-state index contributed by atoms with van der Waals surface area (Å²) in [6, 6.07) is 13.7. The lowest BCUT2D eigenvalue weighted by Gasteiger charge is -2.14. The summed E-state index contributed by atoms with van der Waals surface area (Å²) in [6.45, 7) is 1.40. The zero-order valence-electron chi connectivity index (χ0n) is 15.1. The summed E-state index contributed by atoms with van der Waals surface area (Å²) >= 11 is 5.95. The zero-order chi connectivity index (χ0) is 20.1. The predicted octanol–water partition coefficient (Wildman–Crippen LogP) is 2.54. The molecular weight excluding hydrogens is 382 g/mol. The number of hydrogen-bond donors (Lipinski definition) is 2. The molecule has 2 N–H and O–H groups in total. The molecule has 0 radical (unpaired) electrons. The number of nitrogens with zero attached hydrogens (tertiary/aromatic N) is 1. The lowest BCUT2D eigenvalue weighted by atomic mass is 10.1. The first-order chi connectivity index (χ1) is 13.4. The topological polar surface area (TPSA) is 101 Å². The molecule has 0 aliphatic heterocycles. The highest BCUT2D eigenvalue weighted by Gasteiger charge is 2.15. The van der Waals surface area contributed by atoms with Crippen LogP contribution in [0.3, 0.4) is 0 Å². The first-order valence-corrected chi connectivity index (χ1v) is 8.98. The van der Waals surface area contributed by atoms with Crippen LogP contribution in [-0.2, 0) is 20.7 Å². The van der Waals surface area contributed by atoms with Crippen molar-refractivity contribution in [2.75, 3.05) is 6.61 Å². The number of benzene rings is 2. The molecule has 0 fully saturated rings. The number of halogens is 1. The Morgan fingerprint density at radius 1 is 1.18 bits per heavy atom. The van der Waals surface area contributed by atoms with E-state index in [0.29, 0.717) is 21.5 Å². The van der Waals surface area contributed by atoms with Crippen LogP contribution in [0.2, 0.25) is 5.02 Å². The number of H-pyrrole nitrogens is 1. The smallest absolute Gasteiger partial charge is 0.312 e. The molecule has 144 valence electrons. The van der Waals surface area contributed by atoms with Crippen molar-refractivity contribution in [2.45, 2.75) is 19.4 Å². The van der Waals surface area contributed by atoms with Gasteiger partial charge in [-0.25, -0.2) is 5.10 Å². The third kappa shape index (κ3) is 4.75. The zero-order valence-corrected chi connectivity index (χ0v) is 15.8. The molecule has 3 rings (SSSR count). The summed E-state index contributed by atoms with van der Waals surface area (Å²) in [4.78, 5) is 35.9. The van der Waals surface area contributed by atoms with Gasteiger partial charge in [-0.2, -0.15) is 5.10 Å². The van der Waals surface area contributed by atoms with Crippen LogP contribution in [0.1, 0.15) is 24.2 Å². The van der Waals surface area contributed by atoms with E-state index in [0.717, 1.165) is 5.56 Å². The average molecular weight is 400 g/mol. The Bertz CT molecular complexity index is 1080. The van der Waals surface area contributed by atoms with Gasteiger partial charge >= 0.3 is 5.97 Å². The number of aromatic nitrogens is 2. The third-order valence-corrected chi connectivity index (χ3v) is 4.41. The second-order valence-corrected chi connectivity index (χ2v) is 6.66. The van der Waals surface area contributed by atoms with Crippen LogP contribution in [0, 0.1) is 0 Å². The Labute approximate surface area is 165 Å². The molecule has 0 saturated heterocycles. The van der Waals surface area contributed by atoms with Crippen LogP contribution in [0.25, 0.3) is 10.8 Å². The number of carbonyl (C=O) groups is 2. The van der Waals surface area contributed by atoms with E-state index in [4.69, 9.17) is 16.3 Å². The van der Waals surface area contributed by atoms with Crippen molar-refractivity contribution >= 4 is 34.2 Å². The first kappa shape index (κ1) is 19.6. The Kier molecular flexibility index (Phi) is 6.06. The maximum atomic E-state index is 12.1. The van der Waals surface area contributed by atoms with Gasteiger partial charge in [0.1, 0.15) is 0 Å². The summed E-state index contributed by atoms with van der Waals surface area (Å²) in [5.74, 6) is -1.05. The molecule has 0 saturated carbocycles. The van der Waals surface area contributed by atoms with Crippen LogP contribution < -0.4 is 10.9 Å². The van der Waals surface area contributed by atoms with Crippen molar-refractivity contribution in [3.8, 4) is 0 Å². The SMILES string of the molecule is C[C@@H](NC(=O)COC(=O)Cc1n[nH]c(=O)c2ccccc12)c1cccc(Cl)c1. The molecule has 0 unspecified atom stereocenters. The van der Waals surface area contributed by atoms with Gasteiger partial charge in [-0.1, -0.05) is 41.9 Å². The number of carbonyl (C=O) groups excluding carboxylic acids is 2. The molecule has 1 heterocycles. The quantitative estimate of drug-likeness (QED) is 0.620. The van der Waals surface area contributed by atoms with E-state index in [-0.39, 0.29) is 18.0 Å². The lowest BCUT2D eigenvalue weighted by Crippen LogP contribution is -2.31. The van der Waals surface area contributed by atoms with Gasteiger partial charge in [0.05, 0.1) is 23.5 Å². The van der Waals surface area contributed by atoms with Crippen molar-refractivity contribution in [3.63, 3.8) is 0 Å². The number of aromatic amines is 1. The van der Waals surface area contributed by atoms with Crippen LogP contribution >= 0.6 is 11.6 Å². The van der Waals surface area contributed by atoms with Gasteiger partial charge in [0, 0.05) is 10.4 Å². The van der Waals surface area contributed by atoms with Gasteiger partial charge < -0.3 is 10.1 Å². The van der Waals surface area contributed by atoms with E-state index in [9.17, 15) is 14.4 Å². The summed E-state index contributed by atoms with van der Waals surface area (Å²) in [7, 11) is 0. The molecule has 2 aromatic carbocycles. The highest BCUT2D eigenvalue weighted by atomic mass is 35.5. The highest BCUT2D eigenvalue weighted by Crippen LogP contribution is 2.17. The second-order valence-electron chi connectivity index (χ2n) is 6.23. The minimum Gasteiger partial charge on any atom is -0.455 e. The maximum absolute atomic E-state index is 12.1. The van der Waals surface area contributed by atoms with E-state index in [1.54, 1.807) is 42.5 Å². The predicted molar refractivity (Wildman–Crippen MR) is 105 cm³/mol. The molecule has 0 bridgehead atoms. The van der Waals surface area contributed by atoms with E-state index in [1.165, 1.54) is 0 Å². The standard InChI is InChI=1S/C20H18ClN3O4/c1-12(13-5-4-6-14(21)9-13)22-18(25)11-28-19(26)10-17-15-7-2-3-8-16(15)20(27)24-23-17/h2-9,12H,10-11H2,1H3,(H,22,25)(H,24,27)/t12-/m1/s1. The summed E-state index contributed by atoms with van der Waals surface area (Å²) in [5, 5.41) is 10.6. The molecular formula is C20H18ClN3O4. The highest BCUT2D eigenvalue weighted by molar-refractivity contribution is 6.30.